The molecule has 1 saturated heterocycles. The van der Waals surface area contributed by atoms with E-state index in [9.17, 15) is 0 Å². The van der Waals surface area contributed by atoms with Crippen molar-refractivity contribution in [2.24, 2.45) is 0 Å². The van der Waals surface area contributed by atoms with Gasteiger partial charge in [-0.3, -0.25) is 0 Å². The minimum absolute atomic E-state index is 0.573. The molecule has 0 spiro atoms. The lowest BCUT2D eigenvalue weighted by molar-refractivity contribution is 0.167. The molecule has 1 aliphatic heterocycles. The Kier molecular flexibility index (Phi) is 4.72. The van der Waals surface area contributed by atoms with Gasteiger partial charge in [0.05, 0.1) is 11.0 Å². The van der Waals surface area contributed by atoms with E-state index in [0.717, 1.165) is 34.8 Å². The quantitative estimate of drug-likeness (QED) is 0.793. The number of hydrogen-bond donors (Lipinski definition) is 0. The zero-order valence-electron chi connectivity index (χ0n) is 12.4. The van der Waals surface area contributed by atoms with Crippen molar-refractivity contribution in [3.63, 3.8) is 0 Å². The third-order valence-electron chi connectivity index (χ3n) is 4.42. The highest BCUT2D eigenvalue weighted by molar-refractivity contribution is 6.31. The fourth-order valence-electron chi connectivity index (χ4n) is 3.21. The van der Waals surface area contributed by atoms with E-state index in [0.29, 0.717) is 11.9 Å². The Bertz CT molecular complexity index is 623. The van der Waals surface area contributed by atoms with Crippen LogP contribution < -0.4 is 0 Å². The summed E-state index contributed by atoms with van der Waals surface area (Å²) in [5, 5.41) is 0.762. The van der Waals surface area contributed by atoms with E-state index < -0.39 is 0 Å². The molecule has 1 aliphatic rings. The summed E-state index contributed by atoms with van der Waals surface area (Å²) in [5.41, 5.74) is 2.14. The molecule has 21 heavy (non-hydrogen) atoms. The Morgan fingerprint density at radius 2 is 2.19 bits per heavy atom. The Labute approximate surface area is 135 Å². The van der Waals surface area contributed by atoms with Gasteiger partial charge >= 0.3 is 0 Å². The molecule has 1 unspecified atom stereocenters. The van der Waals surface area contributed by atoms with E-state index in [4.69, 9.17) is 28.2 Å². The average molecular weight is 326 g/mol. The van der Waals surface area contributed by atoms with E-state index in [1.807, 2.05) is 18.2 Å². The van der Waals surface area contributed by atoms with Crippen molar-refractivity contribution in [2.45, 2.75) is 38.3 Å². The van der Waals surface area contributed by atoms with Crippen LogP contribution in [-0.2, 0) is 13.0 Å². The predicted molar refractivity (Wildman–Crippen MR) is 89.4 cm³/mol. The van der Waals surface area contributed by atoms with Crippen molar-refractivity contribution in [2.75, 3.05) is 19.5 Å². The third-order valence-corrected chi connectivity index (χ3v) is 4.85. The van der Waals surface area contributed by atoms with E-state index in [2.05, 4.69) is 16.5 Å². The van der Waals surface area contributed by atoms with Gasteiger partial charge in [-0.05, 0) is 44.6 Å². The van der Waals surface area contributed by atoms with Crippen LogP contribution in [-0.4, -0.2) is 40.0 Å². The largest absolute Gasteiger partial charge is 0.326 e. The molecule has 0 bridgehead atoms. The number of nitrogens with zero attached hydrogens (tertiary/aromatic N) is 3. The summed E-state index contributed by atoms with van der Waals surface area (Å²) in [5.74, 6) is 1.67. The van der Waals surface area contributed by atoms with Crippen LogP contribution in [0.3, 0.4) is 0 Å². The standard InChI is InChI=1S/C16H21Cl2N3/c1-20-9-3-2-4-13(20)11-21-15-10-12(18)5-6-14(15)19-16(21)7-8-17/h5-6,10,13H,2-4,7-9,11H2,1H3. The highest BCUT2D eigenvalue weighted by atomic mass is 35.5. The normalized spacial score (nSPS) is 20.2. The highest BCUT2D eigenvalue weighted by Gasteiger charge is 2.21. The lowest BCUT2D eigenvalue weighted by atomic mass is 10.0. The summed E-state index contributed by atoms with van der Waals surface area (Å²) in [6, 6.07) is 6.49. The first-order chi connectivity index (χ1) is 10.2. The van der Waals surface area contributed by atoms with E-state index in [1.54, 1.807) is 0 Å². The van der Waals surface area contributed by atoms with Gasteiger partial charge in [-0.2, -0.15) is 0 Å². The molecular formula is C16H21Cl2N3. The summed E-state index contributed by atoms with van der Waals surface area (Å²) >= 11 is 12.1. The SMILES string of the molecule is CN1CCCCC1Cn1c(CCCl)nc2ccc(Cl)cc21. The number of aryl methyl sites for hydroxylation is 1. The minimum atomic E-state index is 0.573. The molecule has 0 saturated carbocycles. The maximum atomic E-state index is 6.17. The van der Waals surface area contributed by atoms with Gasteiger partial charge in [0, 0.05) is 29.9 Å². The van der Waals surface area contributed by atoms with Crippen molar-refractivity contribution in [1.82, 2.24) is 14.5 Å². The molecule has 0 aliphatic carbocycles. The molecule has 114 valence electrons. The van der Waals surface area contributed by atoms with Gasteiger partial charge < -0.3 is 9.47 Å². The Morgan fingerprint density at radius 3 is 2.95 bits per heavy atom. The molecule has 2 aromatic rings. The second-order valence-corrected chi connectivity index (χ2v) is 6.66. The number of fused-ring (bicyclic) bond motifs is 1. The number of aromatic nitrogens is 2. The molecule has 0 radical (unpaired) electrons. The molecule has 3 rings (SSSR count). The van der Waals surface area contributed by atoms with Crippen molar-refractivity contribution >= 4 is 34.2 Å². The second kappa shape index (κ2) is 6.55. The van der Waals surface area contributed by atoms with Gasteiger partial charge in [-0.15, -0.1) is 11.6 Å². The van der Waals surface area contributed by atoms with Crippen LogP contribution in [0.15, 0.2) is 18.2 Å². The molecule has 0 amide bonds. The highest BCUT2D eigenvalue weighted by Crippen LogP contribution is 2.24. The monoisotopic (exact) mass is 325 g/mol. The van der Waals surface area contributed by atoms with Crippen molar-refractivity contribution < 1.29 is 0 Å². The maximum Gasteiger partial charge on any atom is 0.111 e. The number of piperidine rings is 1. The summed E-state index contributed by atoms with van der Waals surface area (Å²) in [6.45, 7) is 2.16. The number of rotatable bonds is 4. The van der Waals surface area contributed by atoms with Gasteiger partial charge in [0.25, 0.3) is 0 Å². The van der Waals surface area contributed by atoms with Crippen LogP contribution in [0.25, 0.3) is 11.0 Å². The number of halogens is 2. The lowest BCUT2D eigenvalue weighted by Gasteiger charge is -2.33. The molecule has 1 aromatic heterocycles. The topological polar surface area (TPSA) is 21.1 Å². The van der Waals surface area contributed by atoms with Gasteiger partial charge in [0.1, 0.15) is 5.82 Å². The number of benzene rings is 1. The molecule has 5 heteroatoms. The van der Waals surface area contributed by atoms with Crippen molar-refractivity contribution in [3.05, 3.63) is 29.0 Å². The van der Waals surface area contributed by atoms with Crippen LogP contribution in [0.1, 0.15) is 25.1 Å². The first kappa shape index (κ1) is 15.1. The minimum Gasteiger partial charge on any atom is -0.326 e. The summed E-state index contributed by atoms with van der Waals surface area (Å²) in [7, 11) is 2.22. The Balaban J connectivity index is 1.97. The Hall–Kier alpha value is -0.770. The second-order valence-electron chi connectivity index (χ2n) is 5.84. The summed E-state index contributed by atoms with van der Waals surface area (Å²) in [4.78, 5) is 7.20. The maximum absolute atomic E-state index is 6.17. The van der Waals surface area contributed by atoms with Crippen molar-refractivity contribution in [3.8, 4) is 0 Å². The first-order valence-electron chi connectivity index (χ1n) is 7.60. The van der Waals surface area contributed by atoms with E-state index in [-0.39, 0.29) is 0 Å². The molecule has 1 atom stereocenters. The zero-order valence-corrected chi connectivity index (χ0v) is 13.9. The van der Waals surface area contributed by atoms with Gasteiger partial charge in [0.15, 0.2) is 0 Å². The zero-order chi connectivity index (χ0) is 14.8. The molecule has 2 heterocycles. The van der Waals surface area contributed by atoms with Crippen LogP contribution in [0.5, 0.6) is 0 Å². The predicted octanol–water partition coefficient (Wildman–Crippen LogP) is 3.96. The first-order valence-corrected chi connectivity index (χ1v) is 8.51. The van der Waals surface area contributed by atoms with Gasteiger partial charge in [-0.25, -0.2) is 4.98 Å². The average Bonchev–Trinajstić information content (AvgIpc) is 2.79. The molecular weight excluding hydrogens is 305 g/mol. The van der Waals surface area contributed by atoms with Crippen LogP contribution in [0, 0.1) is 0 Å². The van der Waals surface area contributed by atoms with E-state index in [1.165, 1.54) is 25.8 Å². The smallest absolute Gasteiger partial charge is 0.111 e. The van der Waals surface area contributed by atoms with Crippen LogP contribution in [0.2, 0.25) is 5.02 Å². The molecule has 3 nitrogen and oxygen atoms in total. The number of hydrogen-bond acceptors (Lipinski definition) is 2. The summed E-state index contributed by atoms with van der Waals surface area (Å²) in [6.07, 6.45) is 4.66. The summed E-state index contributed by atoms with van der Waals surface area (Å²) < 4.78 is 2.32. The molecule has 1 fully saturated rings. The van der Waals surface area contributed by atoms with Crippen molar-refractivity contribution in [1.29, 1.82) is 0 Å². The Morgan fingerprint density at radius 1 is 1.33 bits per heavy atom. The molecule has 1 aromatic carbocycles. The third kappa shape index (κ3) is 3.20. The van der Waals surface area contributed by atoms with Crippen LogP contribution in [0.4, 0.5) is 0 Å². The number of likely N-dealkylation sites (N-methyl/N-ethyl adjacent to an activating group) is 1. The number of alkyl halides is 1. The fourth-order valence-corrected chi connectivity index (χ4v) is 3.55. The number of likely N-dealkylation sites (tertiary alicyclic amines) is 1. The lowest BCUT2D eigenvalue weighted by Crippen LogP contribution is -2.39. The van der Waals surface area contributed by atoms with Gasteiger partial charge in [-0.1, -0.05) is 18.0 Å². The van der Waals surface area contributed by atoms with E-state index >= 15 is 0 Å². The van der Waals surface area contributed by atoms with Crippen LogP contribution >= 0.6 is 23.2 Å². The fraction of sp³-hybridized carbons (Fsp3) is 0.562. The van der Waals surface area contributed by atoms with Gasteiger partial charge in [0.2, 0.25) is 0 Å². The number of imidazole rings is 1. The molecule has 0 N–H and O–H groups in total.